The van der Waals surface area contributed by atoms with Gasteiger partial charge >= 0.3 is 5.97 Å². The zero-order valence-electron chi connectivity index (χ0n) is 13.9. The molecule has 1 aliphatic heterocycles. The highest BCUT2D eigenvalue weighted by molar-refractivity contribution is 6.22. The van der Waals surface area contributed by atoms with E-state index in [1.54, 1.807) is 55.6 Å². The van der Waals surface area contributed by atoms with Gasteiger partial charge in [0.15, 0.2) is 0 Å². The predicted molar refractivity (Wildman–Crippen MR) is 89.4 cm³/mol. The smallest absolute Gasteiger partial charge is 0.329 e. The summed E-state index contributed by atoms with van der Waals surface area (Å²) >= 11 is 0. The largest absolute Gasteiger partial charge is 0.497 e. The summed E-state index contributed by atoms with van der Waals surface area (Å²) in [4.78, 5) is 38.5. The Morgan fingerprint density at radius 3 is 2.00 bits per heavy atom. The highest BCUT2D eigenvalue weighted by Gasteiger charge is 2.43. The van der Waals surface area contributed by atoms with E-state index in [2.05, 4.69) is 0 Å². The minimum Gasteiger partial charge on any atom is -0.497 e. The number of benzene rings is 2. The summed E-state index contributed by atoms with van der Waals surface area (Å²) in [5.41, 5.74) is 1.39. The molecule has 2 aromatic rings. The number of methoxy groups -OCH3 is 2. The molecular formula is C19H17NO5. The number of fused-ring (bicyclic) bond motifs is 1. The number of rotatable bonds is 5. The minimum atomic E-state index is -1.02. The second-order valence-electron chi connectivity index (χ2n) is 5.62. The predicted octanol–water partition coefficient (Wildman–Crippen LogP) is 2.08. The zero-order valence-corrected chi connectivity index (χ0v) is 13.9. The lowest BCUT2D eigenvalue weighted by molar-refractivity contribution is -0.145. The van der Waals surface area contributed by atoms with Gasteiger partial charge in [-0.15, -0.1) is 0 Å². The first-order chi connectivity index (χ1) is 12.1. The SMILES string of the molecule is COC(=O)C(Cc1ccc(OC)cc1)N1C(=O)c2ccccc2C1=O. The van der Waals surface area contributed by atoms with Gasteiger partial charge in [0.25, 0.3) is 11.8 Å². The molecule has 0 saturated carbocycles. The summed E-state index contributed by atoms with van der Waals surface area (Å²) in [6.07, 6.45) is 0.169. The van der Waals surface area contributed by atoms with Crippen LogP contribution >= 0.6 is 0 Å². The van der Waals surface area contributed by atoms with Crippen molar-refractivity contribution in [2.75, 3.05) is 14.2 Å². The molecule has 6 nitrogen and oxygen atoms in total. The van der Waals surface area contributed by atoms with Gasteiger partial charge in [-0.05, 0) is 29.8 Å². The van der Waals surface area contributed by atoms with Crippen molar-refractivity contribution in [2.24, 2.45) is 0 Å². The summed E-state index contributed by atoms with van der Waals surface area (Å²) in [7, 11) is 2.80. The minimum absolute atomic E-state index is 0.169. The molecule has 1 unspecified atom stereocenters. The highest BCUT2D eigenvalue weighted by atomic mass is 16.5. The number of hydrogen-bond acceptors (Lipinski definition) is 5. The van der Waals surface area contributed by atoms with Gasteiger partial charge in [0.2, 0.25) is 0 Å². The Hall–Kier alpha value is -3.15. The number of carbonyl (C=O) groups is 3. The maximum atomic E-state index is 12.6. The fourth-order valence-electron chi connectivity index (χ4n) is 2.89. The standard InChI is InChI=1S/C19H17NO5/c1-24-13-9-7-12(8-10-13)11-16(19(23)25-2)20-17(21)14-5-3-4-6-15(14)18(20)22/h3-10,16H,11H2,1-2H3. The molecule has 0 fully saturated rings. The van der Waals surface area contributed by atoms with E-state index < -0.39 is 23.8 Å². The van der Waals surface area contributed by atoms with Crippen molar-refractivity contribution in [3.8, 4) is 5.75 Å². The number of carbonyl (C=O) groups excluding carboxylic acids is 3. The normalized spacial score (nSPS) is 14.2. The van der Waals surface area contributed by atoms with Crippen LogP contribution in [0.25, 0.3) is 0 Å². The first-order valence-corrected chi connectivity index (χ1v) is 7.74. The second-order valence-corrected chi connectivity index (χ2v) is 5.62. The molecule has 0 radical (unpaired) electrons. The lowest BCUT2D eigenvalue weighted by Gasteiger charge is -2.24. The summed E-state index contributed by atoms with van der Waals surface area (Å²) in [5.74, 6) is -0.918. The molecule has 0 aromatic heterocycles. The Labute approximate surface area is 145 Å². The maximum Gasteiger partial charge on any atom is 0.329 e. The van der Waals surface area contributed by atoms with E-state index in [0.717, 1.165) is 10.5 Å². The molecule has 1 atom stereocenters. The Bertz CT molecular complexity index is 793. The van der Waals surface area contributed by atoms with E-state index >= 15 is 0 Å². The van der Waals surface area contributed by atoms with E-state index in [1.807, 2.05) is 0 Å². The molecule has 0 spiro atoms. The van der Waals surface area contributed by atoms with E-state index in [1.165, 1.54) is 7.11 Å². The van der Waals surface area contributed by atoms with Crippen molar-refractivity contribution in [1.29, 1.82) is 0 Å². The molecule has 1 heterocycles. The third-order valence-electron chi connectivity index (χ3n) is 4.20. The summed E-state index contributed by atoms with van der Waals surface area (Å²) in [6, 6.07) is 12.6. The van der Waals surface area contributed by atoms with Crippen molar-refractivity contribution >= 4 is 17.8 Å². The Balaban J connectivity index is 1.93. The van der Waals surface area contributed by atoms with Crippen LogP contribution in [0.2, 0.25) is 0 Å². The molecule has 0 saturated heterocycles. The number of amides is 2. The van der Waals surface area contributed by atoms with Crippen LogP contribution in [0.5, 0.6) is 5.75 Å². The number of ether oxygens (including phenoxy) is 2. The van der Waals surface area contributed by atoms with Gasteiger partial charge in [-0.25, -0.2) is 4.79 Å². The van der Waals surface area contributed by atoms with E-state index in [-0.39, 0.29) is 6.42 Å². The number of hydrogen-bond donors (Lipinski definition) is 0. The Kier molecular flexibility index (Phi) is 4.52. The van der Waals surface area contributed by atoms with Crippen LogP contribution in [0.1, 0.15) is 26.3 Å². The molecule has 2 amide bonds. The van der Waals surface area contributed by atoms with Gasteiger partial charge in [-0.3, -0.25) is 14.5 Å². The fourth-order valence-corrected chi connectivity index (χ4v) is 2.89. The topological polar surface area (TPSA) is 72.9 Å². The molecule has 1 aliphatic rings. The van der Waals surface area contributed by atoms with Gasteiger partial charge in [0.1, 0.15) is 11.8 Å². The van der Waals surface area contributed by atoms with Gasteiger partial charge in [-0.2, -0.15) is 0 Å². The second kappa shape index (κ2) is 6.76. The molecular weight excluding hydrogens is 322 g/mol. The van der Waals surface area contributed by atoms with Gasteiger partial charge < -0.3 is 9.47 Å². The number of imide groups is 1. The monoisotopic (exact) mass is 339 g/mol. The summed E-state index contributed by atoms with van der Waals surface area (Å²) in [6.45, 7) is 0. The van der Waals surface area contributed by atoms with E-state index in [0.29, 0.717) is 16.9 Å². The van der Waals surface area contributed by atoms with E-state index in [9.17, 15) is 14.4 Å². The van der Waals surface area contributed by atoms with Gasteiger partial charge in [0.05, 0.1) is 25.3 Å². The quantitative estimate of drug-likeness (QED) is 0.616. The molecule has 0 bridgehead atoms. The van der Waals surface area contributed by atoms with Crippen LogP contribution in [0.4, 0.5) is 0 Å². The molecule has 2 aromatic carbocycles. The van der Waals surface area contributed by atoms with Crippen LogP contribution in [0.3, 0.4) is 0 Å². The van der Waals surface area contributed by atoms with Crippen LogP contribution in [0.15, 0.2) is 48.5 Å². The zero-order chi connectivity index (χ0) is 18.0. The lowest BCUT2D eigenvalue weighted by Crippen LogP contribution is -2.46. The highest BCUT2D eigenvalue weighted by Crippen LogP contribution is 2.26. The third-order valence-corrected chi connectivity index (χ3v) is 4.20. The van der Waals surface area contributed by atoms with Crippen molar-refractivity contribution in [3.63, 3.8) is 0 Å². The van der Waals surface area contributed by atoms with Crippen molar-refractivity contribution in [3.05, 3.63) is 65.2 Å². The van der Waals surface area contributed by atoms with Crippen LogP contribution in [-0.2, 0) is 16.0 Å². The average Bonchev–Trinajstić information content (AvgIpc) is 2.91. The first kappa shape index (κ1) is 16.7. The number of nitrogens with zero attached hydrogens (tertiary/aromatic N) is 1. The van der Waals surface area contributed by atoms with Crippen LogP contribution in [0, 0.1) is 0 Å². The molecule has 3 rings (SSSR count). The molecule has 128 valence electrons. The fraction of sp³-hybridized carbons (Fsp3) is 0.211. The maximum absolute atomic E-state index is 12.6. The van der Waals surface area contributed by atoms with Crippen LogP contribution in [-0.4, -0.2) is 42.9 Å². The summed E-state index contributed by atoms with van der Waals surface area (Å²) < 4.78 is 9.94. The Morgan fingerprint density at radius 2 is 1.52 bits per heavy atom. The molecule has 0 N–H and O–H groups in total. The van der Waals surface area contributed by atoms with Crippen molar-refractivity contribution in [1.82, 2.24) is 4.90 Å². The van der Waals surface area contributed by atoms with Crippen molar-refractivity contribution in [2.45, 2.75) is 12.5 Å². The first-order valence-electron chi connectivity index (χ1n) is 7.74. The van der Waals surface area contributed by atoms with Gasteiger partial charge in [-0.1, -0.05) is 24.3 Å². The summed E-state index contributed by atoms with van der Waals surface area (Å²) in [5, 5.41) is 0. The third kappa shape index (κ3) is 2.98. The van der Waals surface area contributed by atoms with E-state index in [4.69, 9.17) is 9.47 Å². The molecule has 25 heavy (non-hydrogen) atoms. The molecule has 6 heteroatoms. The number of esters is 1. The van der Waals surface area contributed by atoms with Crippen molar-refractivity contribution < 1.29 is 23.9 Å². The van der Waals surface area contributed by atoms with Crippen LogP contribution < -0.4 is 4.74 Å². The molecule has 0 aliphatic carbocycles. The van der Waals surface area contributed by atoms with Gasteiger partial charge in [0, 0.05) is 6.42 Å². The Morgan fingerprint density at radius 1 is 0.960 bits per heavy atom. The average molecular weight is 339 g/mol. The lowest BCUT2D eigenvalue weighted by atomic mass is 10.0.